The van der Waals surface area contributed by atoms with Gasteiger partial charge in [0.25, 0.3) is 5.24 Å². The first-order chi connectivity index (χ1) is 15.1. The molecule has 0 aliphatic heterocycles. The maximum atomic E-state index is 12.5. The summed E-state index contributed by atoms with van der Waals surface area (Å²) in [5.41, 5.74) is 2.06. The molecule has 0 spiro atoms. The van der Waals surface area contributed by atoms with E-state index < -0.39 is 5.24 Å². The number of rotatable bonds is 3. The first-order valence-electron chi connectivity index (χ1n) is 9.90. The summed E-state index contributed by atoms with van der Waals surface area (Å²) in [7, 11) is 0. The molecule has 150 valence electrons. The van der Waals surface area contributed by atoms with Crippen LogP contribution in [0.1, 0.15) is 26.3 Å². The molecule has 2 nitrogen and oxygen atoms in total. The summed E-state index contributed by atoms with van der Waals surface area (Å²) in [6.45, 7) is 0. The van der Waals surface area contributed by atoms with E-state index in [9.17, 15) is 9.59 Å². The van der Waals surface area contributed by atoms with E-state index in [2.05, 4.69) is 0 Å². The summed E-state index contributed by atoms with van der Waals surface area (Å²) in [5, 5.41) is 3.64. The van der Waals surface area contributed by atoms with E-state index in [1.807, 2.05) is 109 Å². The summed E-state index contributed by atoms with van der Waals surface area (Å²) in [6, 6.07) is 36.4. The van der Waals surface area contributed by atoms with E-state index in [0.29, 0.717) is 5.56 Å². The van der Waals surface area contributed by atoms with Gasteiger partial charge in [-0.25, -0.2) is 0 Å². The van der Waals surface area contributed by atoms with Gasteiger partial charge < -0.3 is 0 Å². The Labute approximate surface area is 185 Å². The molecule has 0 saturated heterocycles. The Morgan fingerprint density at radius 2 is 0.935 bits per heavy atom. The summed E-state index contributed by atoms with van der Waals surface area (Å²) in [4.78, 5) is 23.5. The molecule has 0 fully saturated rings. The maximum absolute atomic E-state index is 12.5. The van der Waals surface area contributed by atoms with Gasteiger partial charge in [0.1, 0.15) is 0 Å². The molecule has 3 heteroatoms. The number of ketones is 1. The molecule has 0 heterocycles. The lowest BCUT2D eigenvalue weighted by atomic mass is 9.97. The molecule has 0 aromatic heterocycles. The van der Waals surface area contributed by atoms with Gasteiger partial charge in [0, 0.05) is 16.7 Å². The van der Waals surface area contributed by atoms with Crippen LogP contribution >= 0.6 is 11.6 Å². The molecule has 0 aliphatic rings. The zero-order valence-corrected chi connectivity index (χ0v) is 17.4. The number of fused-ring (bicyclic) bond motifs is 2. The summed E-state index contributed by atoms with van der Waals surface area (Å²) in [5.74, 6) is 0.0763. The van der Waals surface area contributed by atoms with E-state index >= 15 is 0 Å². The molecule has 5 aromatic rings. The molecule has 5 rings (SSSR count). The molecule has 0 saturated carbocycles. The minimum absolute atomic E-state index is 0.0763. The van der Waals surface area contributed by atoms with E-state index in [-0.39, 0.29) is 5.78 Å². The first kappa shape index (κ1) is 20.5. The monoisotopic (exact) mass is 422 g/mol. The third-order valence-corrected chi connectivity index (χ3v) is 5.28. The van der Waals surface area contributed by atoms with Gasteiger partial charge in [0.15, 0.2) is 5.78 Å². The molecule has 0 atom stereocenters. The third kappa shape index (κ3) is 4.55. The van der Waals surface area contributed by atoms with Crippen molar-refractivity contribution in [2.75, 3.05) is 0 Å². The van der Waals surface area contributed by atoms with Crippen LogP contribution in [0.5, 0.6) is 0 Å². The van der Waals surface area contributed by atoms with Gasteiger partial charge in [0.05, 0.1) is 0 Å². The largest absolute Gasteiger partial charge is 0.289 e. The predicted octanol–water partition coefficient (Wildman–Crippen LogP) is 7.29. The van der Waals surface area contributed by atoms with Crippen molar-refractivity contribution in [2.24, 2.45) is 0 Å². The van der Waals surface area contributed by atoms with Crippen molar-refractivity contribution < 1.29 is 9.59 Å². The Bertz CT molecular complexity index is 1360. The highest BCUT2D eigenvalue weighted by Crippen LogP contribution is 2.21. The lowest BCUT2D eigenvalue weighted by Gasteiger charge is -2.05. The fraction of sp³-hybridized carbons (Fsp3) is 0. The van der Waals surface area contributed by atoms with Gasteiger partial charge in [-0.1, -0.05) is 109 Å². The molecule has 0 unspecified atom stereocenters. The highest BCUT2D eigenvalue weighted by atomic mass is 35.5. The molecule has 0 aliphatic carbocycles. The fourth-order valence-corrected chi connectivity index (χ4v) is 3.73. The molecular formula is C28H19ClO2. The highest BCUT2D eigenvalue weighted by Gasteiger charge is 2.11. The van der Waals surface area contributed by atoms with E-state index in [1.165, 1.54) is 0 Å². The average Bonchev–Trinajstić information content (AvgIpc) is 2.84. The number of halogens is 1. The molecule has 5 aromatic carbocycles. The molecule has 0 amide bonds. The fourth-order valence-electron chi connectivity index (χ4n) is 3.57. The Kier molecular flexibility index (Phi) is 6.21. The SMILES string of the molecule is O=C(Cl)c1cccc2ccccc12.O=C(c1ccccc1)c1cccc2ccccc12. The van der Waals surface area contributed by atoms with Crippen LogP contribution in [0.2, 0.25) is 0 Å². The number of hydrogen-bond donors (Lipinski definition) is 0. The van der Waals surface area contributed by atoms with Crippen molar-refractivity contribution >= 4 is 44.2 Å². The normalized spacial score (nSPS) is 10.4. The second kappa shape index (κ2) is 9.38. The van der Waals surface area contributed by atoms with Gasteiger partial charge >= 0.3 is 0 Å². The second-order valence-corrected chi connectivity index (χ2v) is 7.37. The van der Waals surface area contributed by atoms with Crippen LogP contribution in [0, 0.1) is 0 Å². The van der Waals surface area contributed by atoms with Crippen molar-refractivity contribution in [3.05, 3.63) is 132 Å². The Morgan fingerprint density at radius 1 is 0.484 bits per heavy atom. The van der Waals surface area contributed by atoms with Gasteiger partial charge in [-0.2, -0.15) is 0 Å². The topological polar surface area (TPSA) is 34.1 Å². The summed E-state index contributed by atoms with van der Waals surface area (Å²) < 4.78 is 0. The van der Waals surface area contributed by atoms with E-state index in [1.54, 1.807) is 6.07 Å². The number of carbonyl (C=O) groups excluding carboxylic acids is 2. The van der Waals surface area contributed by atoms with Crippen molar-refractivity contribution in [1.29, 1.82) is 0 Å². The smallest absolute Gasteiger partial charge is 0.253 e. The maximum Gasteiger partial charge on any atom is 0.253 e. The van der Waals surface area contributed by atoms with E-state index in [4.69, 9.17) is 11.6 Å². The number of carbonyl (C=O) groups is 2. The van der Waals surface area contributed by atoms with Crippen LogP contribution in [-0.2, 0) is 0 Å². The van der Waals surface area contributed by atoms with Crippen LogP contribution in [0.3, 0.4) is 0 Å². The summed E-state index contributed by atoms with van der Waals surface area (Å²) >= 11 is 5.44. The van der Waals surface area contributed by atoms with Crippen molar-refractivity contribution in [3.8, 4) is 0 Å². The number of hydrogen-bond acceptors (Lipinski definition) is 2. The first-order valence-corrected chi connectivity index (χ1v) is 10.3. The minimum Gasteiger partial charge on any atom is -0.289 e. The summed E-state index contributed by atoms with van der Waals surface area (Å²) in [6.07, 6.45) is 0. The van der Waals surface area contributed by atoms with Crippen LogP contribution in [0.25, 0.3) is 21.5 Å². The Morgan fingerprint density at radius 3 is 1.52 bits per heavy atom. The van der Waals surface area contributed by atoms with Gasteiger partial charge in [-0.3, -0.25) is 9.59 Å². The third-order valence-electron chi connectivity index (χ3n) is 5.07. The van der Waals surface area contributed by atoms with Crippen LogP contribution in [0.15, 0.2) is 115 Å². The standard InChI is InChI=1S/C17H12O.C11H7ClO/c18-17(14-8-2-1-3-9-14)16-12-6-10-13-7-4-5-11-15(13)16;12-11(13)10-7-3-5-8-4-1-2-6-9(8)10/h1-12H;1-7H. The molecule has 0 N–H and O–H groups in total. The second-order valence-electron chi connectivity index (χ2n) is 7.02. The zero-order chi connectivity index (χ0) is 21.6. The van der Waals surface area contributed by atoms with Crippen LogP contribution in [0.4, 0.5) is 0 Å². The minimum atomic E-state index is -0.406. The van der Waals surface area contributed by atoms with Crippen LogP contribution < -0.4 is 0 Å². The lowest BCUT2D eigenvalue weighted by molar-refractivity contribution is 0.103. The van der Waals surface area contributed by atoms with Crippen molar-refractivity contribution in [2.45, 2.75) is 0 Å². The van der Waals surface area contributed by atoms with E-state index in [0.717, 1.165) is 32.7 Å². The highest BCUT2D eigenvalue weighted by molar-refractivity contribution is 6.68. The molecular weight excluding hydrogens is 404 g/mol. The Balaban J connectivity index is 0.000000158. The molecule has 0 radical (unpaired) electrons. The van der Waals surface area contributed by atoms with Gasteiger partial charge in [0.2, 0.25) is 0 Å². The Hall–Kier alpha value is -3.75. The quantitative estimate of drug-likeness (QED) is 0.226. The van der Waals surface area contributed by atoms with Crippen LogP contribution in [-0.4, -0.2) is 11.0 Å². The molecule has 0 bridgehead atoms. The predicted molar refractivity (Wildman–Crippen MR) is 128 cm³/mol. The molecule has 31 heavy (non-hydrogen) atoms. The zero-order valence-electron chi connectivity index (χ0n) is 16.7. The van der Waals surface area contributed by atoms with Crippen molar-refractivity contribution in [1.82, 2.24) is 0 Å². The van der Waals surface area contributed by atoms with Gasteiger partial charge in [-0.05, 0) is 39.2 Å². The van der Waals surface area contributed by atoms with Gasteiger partial charge in [-0.15, -0.1) is 0 Å². The number of benzene rings is 5. The average molecular weight is 423 g/mol. The lowest BCUT2D eigenvalue weighted by Crippen LogP contribution is -2.01. The van der Waals surface area contributed by atoms with Crippen molar-refractivity contribution in [3.63, 3.8) is 0 Å².